The molecule has 3 aromatic rings. The van der Waals surface area contributed by atoms with Gasteiger partial charge in [-0.05, 0) is 18.1 Å². The van der Waals surface area contributed by atoms with Crippen LogP contribution in [-0.4, -0.2) is 25.2 Å². The van der Waals surface area contributed by atoms with E-state index in [2.05, 4.69) is 10.9 Å². The van der Waals surface area contributed by atoms with Gasteiger partial charge >= 0.3 is 0 Å². The summed E-state index contributed by atoms with van der Waals surface area (Å²) in [5.41, 5.74) is 0.0486. The van der Waals surface area contributed by atoms with E-state index in [0.29, 0.717) is 17.4 Å². The van der Waals surface area contributed by atoms with E-state index < -0.39 is 23.3 Å². The Morgan fingerprint density at radius 2 is 1.93 bits per heavy atom. The number of thiazole rings is 1. The summed E-state index contributed by atoms with van der Waals surface area (Å²) in [4.78, 5) is 5.58. The monoisotopic (exact) mass is 394 g/mol. The first-order chi connectivity index (χ1) is 12.9. The minimum atomic E-state index is -1.30. The van der Waals surface area contributed by atoms with Crippen molar-refractivity contribution < 1.29 is 22.3 Å². The number of benzene rings is 2. The Labute approximate surface area is 157 Å². The molecular weight excluding hydrogens is 380 g/mol. The zero-order valence-corrected chi connectivity index (χ0v) is 15.0. The van der Waals surface area contributed by atoms with Crippen LogP contribution in [0.15, 0.2) is 24.3 Å². The van der Waals surface area contributed by atoms with Gasteiger partial charge in [-0.15, -0.1) is 6.42 Å². The summed E-state index contributed by atoms with van der Waals surface area (Å²) in [5.74, 6) is -1.01. The quantitative estimate of drug-likeness (QED) is 0.349. The van der Waals surface area contributed by atoms with Gasteiger partial charge in [-0.25, -0.2) is 22.5 Å². The van der Waals surface area contributed by atoms with E-state index in [1.807, 2.05) is 0 Å². The maximum atomic E-state index is 14.1. The molecule has 0 unspecified atom stereocenters. The molecule has 0 fully saturated rings. The summed E-state index contributed by atoms with van der Waals surface area (Å²) in [5, 5.41) is 0.236. The standard InChI is InChI=1S/C19H14F4N2OS/c1-3-7-25(8-6-11-4-5-12(26-2)9-13(11)20)19-24-17-16(23)14(21)10-15(22)18(17)27-19/h1,4-5,9-10H,6-8H2,2H3. The van der Waals surface area contributed by atoms with Crippen molar-refractivity contribution in [3.63, 3.8) is 0 Å². The number of halogens is 4. The molecular formula is C19H14F4N2OS. The molecule has 8 heteroatoms. The van der Waals surface area contributed by atoms with Crippen LogP contribution in [0.3, 0.4) is 0 Å². The summed E-state index contributed by atoms with van der Waals surface area (Å²) in [6.45, 7) is 0.363. The molecule has 1 heterocycles. The fourth-order valence-corrected chi connectivity index (χ4v) is 3.57. The molecule has 3 rings (SSSR count). The molecule has 0 aliphatic rings. The molecule has 1 aromatic heterocycles. The lowest BCUT2D eigenvalue weighted by atomic mass is 10.1. The Bertz CT molecular complexity index is 1030. The van der Waals surface area contributed by atoms with Crippen molar-refractivity contribution >= 4 is 26.7 Å². The molecule has 3 nitrogen and oxygen atoms in total. The number of ether oxygens (including phenoxy) is 1. The first-order valence-corrected chi connectivity index (χ1v) is 8.71. The van der Waals surface area contributed by atoms with Crippen molar-refractivity contribution in [3.8, 4) is 18.1 Å². The zero-order valence-electron chi connectivity index (χ0n) is 14.2. The summed E-state index contributed by atoms with van der Waals surface area (Å²) in [6.07, 6.45) is 5.65. The van der Waals surface area contributed by atoms with Gasteiger partial charge in [0.25, 0.3) is 0 Å². The van der Waals surface area contributed by atoms with Crippen LogP contribution in [0.4, 0.5) is 22.7 Å². The van der Waals surface area contributed by atoms with E-state index in [0.717, 1.165) is 11.3 Å². The van der Waals surface area contributed by atoms with Crippen LogP contribution in [-0.2, 0) is 6.42 Å². The third-order valence-corrected chi connectivity index (χ3v) is 5.09. The SMILES string of the molecule is C#CCN(CCc1ccc(OC)cc1F)c1nc2c(F)c(F)cc(F)c2s1. The van der Waals surface area contributed by atoms with Crippen LogP contribution in [0, 0.1) is 35.6 Å². The third kappa shape index (κ3) is 3.83. The molecule has 2 aromatic carbocycles. The van der Waals surface area contributed by atoms with E-state index in [9.17, 15) is 17.6 Å². The van der Waals surface area contributed by atoms with Crippen molar-refractivity contribution in [2.24, 2.45) is 0 Å². The minimum absolute atomic E-state index is 0.0958. The maximum absolute atomic E-state index is 14.1. The maximum Gasteiger partial charge on any atom is 0.187 e. The molecule has 0 amide bonds. The Hall–Kier alpha value is -2.79. The normalized spacial score (nSPS) is 10.8. The Kier molecular flexibility index (Phi) is 5.51. The number of anilines is 1. The smallest absolute Gasteiger partial charge is 0.187 e. The van der Waals surface area contributed by atoms with Crippen molar-refractivity contribution in [1.82, 2.24) is 4.98 Å². The molecule has 0 radical (unpaired) electrons. The van der Waals surface area contributed by atoms with Crippen LogP contribution >= 0.6 is 11.3 Å². The molecule has 27 heavy (non-hydrogen) atoms. The Morgan fingerprint density at radius 1 is 1.15 bits per heavy atom. The molecule has 140 valence electrons. The highest BCUT2D eigenvalue weighted by Gasteiger charge is 2.20. The van der Waals surface area contributed by atoms with Crippen molar-refractivity contribution in [2.45, 2.75) is 6.42 Å². The minimum Gasteiger partial charge on any atom is -0.497 e. The lowest BCUT2D eigenvalue weighted by Gasteiger charge is -2.19. The van der Waals surface area contributed by atoms with Gasteiger partial charge in [-0.3, -0.25) is 0 Å². The van der Waals surface area contributed by atoms with Crippen molar-refractivity contribution in [3.05, 3.63) is 53.1 Å². The van der Waals surface area contributed by atoms with E-state index in [-0.39, 0.29) is 34.9 Å². The van der Waals surface area contributed by atoms with Crippen molar-refractivity contribution in [1.29, 1.82) is 0 Å². The van der Waals surface area contributed by atoms with Crippen LogP contribution in [0.5, 0.6) is 5.75 Å². The second-order valence-electron chi connectivity index (χ2n) is 5.66. The van der Waals surface area contributed by atoms with Gasteiger partial charge in [0.1, 0.15) is 22.9 Å². The Balaban J connectivity index is 1.88. The molecule has 0 aliphatic carbocycles. The lowest BCUT2D eigenvalue weighted by Crippen LogP contribution is -2.26. The Morgan fingerprint density at radius 3 is 2.59 bits per heavy atom. The fraction of sp³-hybridized carbons (Fsp3) is 0.211. The number of fused-ring (bicyclic) bond motifs is 1. The third-order valence-electron chi connectivity index (χ3n) is 3.97. The number of rotatable bonds is 6. The molecule has 0 saturated carbocycles. The van der Waals surface area contributed by atoms with Crippen molar-refractivity contribution in [2.75, 3.05) is 25.1 Å². The summed E-state index contributed by atoms with van der Waals surface area (Å²) >= 11 is 0.864. The average Bonchev–Trinajstić information content (AvgIpc) is 3.10. The zero-order chi connectivity index (χ0) is 19.6. The number of hydrogen-bond acceptors (Lipinski definition) is 4. The van der Waals surface area contributed by atoms with Crippen LogP contribution in [0.1, 0.15) is 5.56 Å². The van der Waals surface area contributed by atoms with Gasteiger partial charge in [0, 0.05) is 18.7 Å². The second-order valence-corrected chi connectivity index (χ2v) is 6.64. The highest BCUT2D eigenvalue weighted by Crippen LogP contribution is 2.33. The van der Waals surface area contributed by atoms with E-state index in [1.54, 1.807) is 17.0 Å². The topological polar surface area (TPSA) is 25.4 Å². The van der Waals surface area contributed by atoms with Crippen LogP contribution in [0.25, 0.3) is 10.2 Å². The van der Waals surface area contributed by atoms with Gasteiger partial charge in [-0.1, -0.05) is 23.3 Å². The number of aromatic nitrogens is 1. The predicted molar refractivity (Wildman–Crippen MR) is 97.2 cm³/mol. The number of terminal acetylenes is 1. The van der Waals surface area contributed by atoms with Gasteiger partial charge in [0.15, 0.2) is 16.8 Å². The second kappa shape index (κ2) is 7.84. The highest BCUT2D eigenvalue weighted by atomic mass is 32.1. The van der Waals surface area contributed by atoms with Gasteiger partial charge in [-0.2, -0.15) is 0 Å². The lowest BCUT2D eigenvalue weighted by molar-refractivity contribution is 0.410. The molecule has 0 aliphatic heterocycles. The predicted octanol–water partition coefficient (Wildman–Crippen LogP) is 4.54. The number of hydrogen-bond donors (Lipinski definition) is 0. The van der Waals surface area contributed by atoms with Gasteiger partial charge in [0.2, 0.25) is 0 Å². The van der Waals surface area contributed by atoms with Crippen LogP contribution in [0.2, 0.25) is 0 Å². The summed E-state index contributed by atoms with van der Waals surface area (Å²) in [6, 6.07) is 4.98. The van der Waals surface area contributed by atoms with E-state index >= 15 is 0 Å². The molecule has 0 saturated heterocycles. The molecule has 0 atom stereocenters. The number of methoxy groups -OCH3 is 1. The van der Waals surface area contributed by atoms with E-state index in [1.165, 1.54) is 13.2 Å². The summed E-state index contributed by atoms with van der Waals surface area (Å²) in [7, 11) is 1.44. The average molecular weight is 394 g/mol. The van der Waals surface area contributed by atoms with E-state index in [4.69, 9.17) is 11.2 Å². The molecule has 0 bridgehead atoms. The molecule has 0 spiro atoms. The summed E-state index contributed by atoms with van der Waals surface area (Å²) < 4.78 is 60.2. The van der Waals surface area contributed by atoms with Gasteiger partial charge in [0.05, 0.1) is 18.4 Å². The number of nitrogens with zero attached hydrogens (tertiary/aromatic N) is 2. The van der Waals surface area contributed by atoms with Crippen LogP contribution < -0.4 is 9.64 Å². The highest BCUT2D eigenvalue weighted by molar-refractivity contribution is 7.22. The largest absolute Gasteiger partial charge is 0.497 e. The van der Waals surface area contributed by atoms with Gasteiger partial charge < -0.3 is 9.64 Å². The molecule has 0 N–H and O–H groups in total. The first kappa shape index (κ1) is 19.0. The fourth-order valence-electron chi connectivity index (χ4n) is 2.57. The first-order valence-electron chi connectivity index (χ1n) is 7.89.